The lowest BCUT2D eigenvalue weighted by Crippen LogP contribution is -2.13. The molecule has 0 atom stereocenters. The molecule has 2 heteroatoms. The zero-order valence-electron chi connectivity index (χ0n) is 16.8. The van der Waals surface area contributed by atoms with Crippen LogP contribution in [0.5, 0.6) is 0 Å². The lowest BCUT2D eigenvalue weighted by atomic mass is 9.87. The summed E-state index contributed by atoms with van der Waals surface area (Å²) in [6.07, 6.45) is 5.72. The van der Waals surface area contributed by atoms with E-state index in [1.807, 2.05) is 18.2 Å². The van der Waals surface area contributed by atoms with E-state index < -0.39 is 0 Å². The zero-order chi connectivity index (χ0) is 19.2. The van der Waals surface area contributed by atoms with Gasteiger partial charge in [-0.05, 0) is 61.7 Å². The first-order chi connectivity index (χ1) is 12.3. The molecule has 2 nitrogen and oxygen atoms in total. The lowest BCUT2D eigenvalue weighted by Gasteiger charge is -2.18. The van der Waals surface area contributed by atoms with Crippen LogP contribution < -0.4 is 0 Å². The number of aryl methyl sites for hydroxylation is 1. The smallest absolute Gasteiger partial charge is 0.185 e. The van der Waals surface area contributed by atoms with Crippen LogP contribution in [-0.2, 0) is 11.8 Å². The van der Waals surface area contributed by atoms with E-state index in [1.165, 1.54) is 11.1 Å². The topological polar surface area (TPSA) is 20.3 Å². The fraction of sp³-hybridized carbons (Fsp3) is 0.375. The molecule has 0 aliphatic carbocycles. The van der Waals surface area contributed by atoms with Crippen molar-refractivity contribution in [1.29, 1.82) is 0 Å². The predicted molar refractivity (Wildman–Crippen MR) is 112 cm³/mol. The van der Waals surface area contributed by atoms with Gasteiger partial charge in [0, 0.05) is 5.56 Å². The Morgan fingerprint density at radius 3 is 2.12 bits per heavy atom. The minimum absolute atomic E-state index is 0.0461. The number of ketones is 1. The van der Waals surface area contributed by atoms with Gasteiger partial charge in [-0.25, -0.2) is 0 Å². The van der Waals surface area contributed by atoms with Crippen LogP contribution in [0.25, 0.3) is 6.08 Å². The fourth-order valence-corrected chi connectivity index (χ4v) is 2.80. The molecule has 2 aromatic rings. The number of carbonyl (C=O) groups is 1. The Morgan fingerprint density at radius 1 is 0.962 bits per heavy atom. The first kappa shape index (κ1) is 20.1. The van der Waals surface area contributed by atoms with Crippen molar-refractivity contribution in [3.63, 3.8) is 0 Å². The van der Waals surface area contributed by atoms with E-state index in [0.29, 0.717) is 0 Å². The van der Waals surface area contributed by atoms with Gasteiger partial charge in [0.15, 0.2) is 5.78 Å². The third-order valence-electron chi connectivity index (χ3n) is 4.51. The van der Waals surface area contributed by atoms with E-state index in [4.69, 9.17) is 0 Å². The minimum Gasteiger partial charge on any atom is -0.309 e. The van der Waals surface area contributed by atoms with Gasteiger partial charge in [0.1, 0.15) is 0 Å². The number of allylic oxidation sites excluding steroid dienone is 1. The molecular formula is C24H31NO. The summed E-state index contributed by atoms with van der Waals surface area (Å²) >= 11 is 0. The molecule has 138 valence electrons. The third-order valence-corrected chi connectivity index (χ3v) is 4.51. The van der Waals surface area contributed by atoms with Crippen LogP contribution in [0.2, 0.25) is 0 Å². The van der Waals surface area contributed by atoms with Crippen LogP contribution in [0.1, 0.15) is 54.2 Å². The maximum atomic E-state index is 12.4. The second-order valence-electron chi connectivity index (χ2n) is 8.17. The Kier molecular flexibility index (Phi) is 6.93. The van der Waals surface area contributed by atoms with Crippen molar-refractivity contribution in [2.24, 2.45) is 0 Å². The molecule has 0 unspecified atom stereocenters. The molecule has 26 heavy (non-hydrogen) atoms. The summed E-state index contributed by atoms with van der Waals surface area (Å²) in [5.41, 5.74) is 4.51. The van der Waals surface area contributed by atoms with E-state index in [1.54, 1.807) is 6.08 Å². The molecule has 0 amide bonds. The molecule has 0 N–H and O–H groups in total. The van der Waals surface area contributed by atoms with E-state index in [9.17, 15) is 4.79 Å². The Labute approximate surface area is 158 Å². The van der Waals surface area contributed by atoms with E-state index in [-0.39, 0.29) is 11.2 Å². The molecule has 0 heterocycles. The summed E-state index contributed by atoms with van der Waals surface area (Å²) in [5.74, 6) is 0.0461. The van der Waals surface area contributed by atoms with Gasteiger partial charge in [0.25, 0.3) is 0 Å². The van der Waals surface area contributed by atoms with Gasteiger partial charge in [-0.15, -0.1) is 0 Å². The number of rotatable bonds is 7. The monoisotopic (exact) mass is 349 g/mol. The Bertz CT molecular complexity index is 731. The standard InChI is InChI=1S/C24H31NO/c1-24(2,3)22-15-10-20(11-16-22)12-17-23(26)21-13-8-19(9-14-21)7-6-18-25(4)5/h8-17H,6-7,18H2,1-5H3. The summed E-state index contributed by atoms with van der Waals surface area (Å²) in [6, 6.07) is 16.4. The van der Waals surface area contributed by atoms with Gasteiger partial charge in [-0.1, -0.05) is 75.4 Å². The van der Waals surface area contributed by atoms with Crippen LogP contribution in [-0.4, -0.2) is 31.3 Å². The SMILES string of the molecule is CN(C)CCCc1ccc(C(=O)C=Cc2ccc(C(C)(C)C)cc2)cc1. The first-order valence-electron chi connectivity index (χ1n) is 9.32. The van der Waals surface area contributed by atoms with E-state index in [0.717, 1.165) is 30.5 Å². The van der Waals surface area contributed by atoms with Crippen LogP contribution in [0.4, 0.5) is 0 Å². The third kappa shape index (κ3) is 6.27. The van der Waals surface area contributed by atoms with Gasteiger partial charge in [-0.3, -0.25) is 4.79 Å². The summed E-state index contributed by atoms with van der Waals surface area (Å²) in [5, 5.41) is 0. The molecule has 2 aromatic carbocycles. The Morgan fingerprint density at radius 2 is 1.58 bits per heavy atom. The molecule has 2 rings (SSSR count). The number of nitrogens with zero attached hydrogens (tertiary/aromatic N) is 1. The summed E-state index contributed by atoms with van der Waals surface area (Å²) in [6.45, 7) is 7.68. The van der Waals surface area contributed by atoms with Gasteiger partial charge in [0.05, 0.1) is 0 Å². The van der Waals surface area contributed by atoms with Crippen LogP contribution in [0.3, 0.4) is 0 Å². The normalized spacial score (nSPS) is 12.1. The van der Waals surface area contributed by atoms with Gasteiger partial charge >= 0.3 is 0 Å². The zero-order valence-corrected chi connectivity index (χ0v) is 16.8. The second-order valence-corrected chi connectivity index (χ2v) is 8.17. The molecule has 0 spiro atoms. The van der Waals surface area contributed by atoms with E-state index in [2.05, 4.69) is 76.2 Å². The molecule has 0 aromatic heterocycles. The highest BCUT2D eigenvalue weighted by Crippen LogP contribution is 2.22. The molecule has 0 bridgehead atoms. The van der Waals surface area contributed by atoms with Crippen molar-refractivity contribution in [3.8, 4) is 0 Å². The summed E-state index contributed by atoms with van der Waals surface area (Å²) < 4.78 is 0. The number of benzene rings is 2. The number of hydrogen-bond donors (Lipinski definition) is 0. The molecule has 0 saturated carbocycles. The van der Waals surface area contributed by atoms with Crippen LogP contribution >= 0.6 is 0 Å². The quantitative estimate of drug-likeness (QED) is 0.494. The van der Waals surface area contributed by atoms with Gasteiger partial charge in [-0.2, -0.15) is 0 Å². The maximum Gasteiger partial charge on any atom is 0.185 e. The van der Waals surface area contributed by atoms with Crippen molar-refractivity contribution < 1.29 is 4.79 Å². The molecule has 0 aliphatic rings. The van der Waals surface area contributed by atoms with Crippen molar-refractivity contribution in [2.45, 2.75) is 39.0 Å². The molecule has 0 radical (unpaired) electrons. The van der Waals surface area contributed by atoms with Gasteiger partial charge in [0.2, 0.25) is 0 Å². The highest BCUT2D eigenvalue weighted by molar-refractivity contribution is 6.06. The second kappa shape index (κ2) is 8.95. The highest BCUT2D eigenvalue weighted by atomic mass is 16.1. The van der Waals surface area contributed by atoms with Crippen LogP contribution in [0, 0.1) is 0 Å². The predicted octanol–water partition coefficient (Wildman–Crippen LogP) is 5.37. The largest absolute Gasteiger partial charge is 0.309 e. The number of carbonyl (C=O) groups excluding carboxylic acids is 1. The fourth-order valence-electron chi connectivity index (χ4n) is 2.80. The van der Waals surface area contributed by atoms with Crippen molar-refractivity contribution >= 4 is 11.9 Å². The van der Waals surface area contributed by atoms with Crippen LogP contribution in [0.15, 0.2) is 54.6 Å². The van der Waals surface area contributed by atoms with Crippen molar-refractivity contribution in [1.82, 2.24) is 4.90 Å². The Balaban J connectivity index is 1.95. The summed E-state index contributed by atoms with van der Waals surface area (Å²) in [4.78, 5) is 14.6. The first-order valence-corrected chi connectivity index (χ1v) is 9.32. The summed E-state index contributed by atoms with van der Waals surface area (Å²) in [7, 11) is 4.18. The number of hydrogen-bond acceptors (Lipinski definition) is 2. The highest BCUT2D eigenvalue weighted by Gasteiger charge is 2.12. The molecular weight excluding hydrogens is 318 g/mol. The lowest BCUT2D eigenvalue weighted by molar-refractivity contribution is 0.104. The molecule has 0 fully saturated rings. The van der Waals surface area contributed by atoms with E-state index >= 15 is 0 Å². The minimum atomic E-state index is 0.0461. The molecule has 0 aliphatic heterocycles. The molecule has 0 saturated heterocycles. The average Bonchev–Trinajstić information content (AvgIpc) is 2.59. The maximum absolute atomic E-state index is 12.4. The average molecular weight is 350 g/mol. The van der Waals surface area contributed by atoms with Gasteiger partial charge < -0.3 is 4.90 Å². The van der Waals surface area contributed by atoms with Crippen molar-refractivity contribution in [2.75, 3.05) is 20.6 Å². The van der Waals surface area contributed by atoms with Crippen molar-refractivity contribution in [3.05, 3.63) is 76.9 Å². The Hall–Kier alpha value is -2.19.